The molecule has 1 heterocycles. The minimum absolute atomic E-state index is 0.467. The third-order valence-corrected chi connectivity index (χ3v) is 6.90. The highest BCUT2D eigenvalue weighted by atomic mass is 35.5. The normalized spacial score (nSPS) is 11.4. The van der Waals surface area contributed by atoms with E-state index in [9.17, 15) is 0 Å². The Morgan fingerprint density at radius 3 is 1.88 bits per heavy atom. The summed E-state index contributed by atoms with van der Waals surface area (Å²) in [7, 11) is 0. The van der Waals surface area contributed by atoms with E-state index in [0.29, 0.717) is 6.61 Å². The van der Waals surface area contributed by atoms with E-state index in [1.165, 1.54) is 95.4 Å². The Kier molecular flexibility index (Phi) is 12.4. The molecular formula is C30H43ClN2O. The lowest BCUT2D eigenvalue weighted by atomic mass is 10.0. The lowest BCUT2D eigenvalue weighted by Crippen LogP contribution is -2.07. The molecule has 0 aliphatic rings. The fourth-order valence-electron chi connectivity index (χ4n) is 4.63. The predicted octanol–water partition coefficient (Wildman–Crippen LogP) is 9.75. The first kappa shape index (κ1) is 26.6. The molecule has 4 heteroatoms. The van der Waals surface area contributed by atoms with Crippen LogP contribution in [0.5, 0.6) is 5.75 Å². The number of ether oxygens (including phenoxy) is 1. The van der Waals surface area contributed by atoms with Gasteiger partial charge < -0.3 is 9.30 Å². The van der Waals surface area contributed by atoms with Crippen molar-refractivity contribution in [3.8, 4) is 5.75 Å². The largest absolute Gasteiger partial charge is 0.486 e. The molecule has 0 N–H and O–H groups in total. The van der Waals surface area contributed by atoms with Crippen LogP contribution < -0.4 is 4.74 Å². The Bertz CT molecular complexity index is 935. The van der Waals surface area contributed by atoms with E-state index in [-0.39, 0.29) is 0 Å². The molecular weight excluding hydrogens is 440 g/mol. The smallest absolute Gasteiger partial charge is 0.147 e. The summed E-state index contributed by atoms with van der Waals surface area (Å²) in [5.74, 6) is 1.81. The molecule has 0 aliphatic carbocycles. The van der Waals surface area contributed by atoms with Crippen LogP contribution in [0.3, 0.4) is 0 Å². The van der Waals surface area contributed by atoms with Gasteiger partial charge in [-0.3, -0.25) is 0 Å². The van der Waals surface area contributed by atoms with Gasteiger partial charge in [-0.1, -0.05) is 114 Å². The van der Waals surface area contributed by atoms with Crippen LogP contribution in [0.15, 0.2) is 48.5 Å². The van der Waals surface area contributed by atoms with Crippen molar-refractivity contribution in [2.75, 3.05) is 0 Å². The zero-order valence-electron chi connectivity index (χ0n) is 21.1. The fourth-order valence-corrected chi connectivity index (χ4v) is 4.75. The minimum atomic E-state index is 0.467. The van der Waals surface area contributed by atoms with Gasteiger partial charge in [-0.2, -0.15) is 0 Å². The van der Waals surface area contributed by atoms with E-state index in [1.54, 1.807) is 0 Å². The number of rotatable bonds is 18. The van der Waals surface area contributed by atoms with Gasteiger partial charge in [0.2, 0.25) is 0 Å². The Hall–Kier alpha value is -2.00. The average molecular weight is 483 g/mol. The maximum Gasteiger partial charge on any atom is 0.147 e. The molecule has 1 aromatic heterocycles. The molecule has 0 saturated carbocycles. The van der Waals surface area contributed by atoms with E-state index in [1.807, 2.05) is 24.3 Å². The molecule has 0 fully saturated rings. The molecule has 0 amide bonds. The quantitative estimate of drug-likeness (QED) is 0.169. The average Bonchev–Trinajstić information content (AvgIpc) is 3.21. The van der Waals surface area contributed by atoms with Gasteiger partial charge in [-0.15, -0.1) is 0 Å². The van der Waals surface area contributed by atoms with Gasteiger partial charge in [0.05, 0.1) is 11.0 Å². The first-order valence-electron chi connectivity index (χ1n) is 13.6. The summed E-state index contributed by atoms with van der Waals surface area (Å²) in [4.78, 5) is 4.84. The number of para-hydroxylation sites is 2. The standard InChI is InChI=1S/C30H43ClN2O/c1-2-3-4-5-6-7-8-9-10-11-12-13-14-17-24-33-29-19-16-15-18-28(29)32-30(33)25-34-27-22-20-26(31)21-23-27/h15-16,18-23H,2-14,17,24-25H2,1H3. The number of unbranched alkanes of at least 4 members (excludes halogenated alkanes) is 13. The summed E-state index contributed by atoms with van der Waals surface area (Å²) >= 11 is 5.99. The maximum absolute atomic E-state index is 6.00. The highest BCUT2D eigenvalue weighted by Gasteiger charge is 2.11. The number of hydrogen-bond donors (Lipinski definition) is 0. The summed E-state index contributed by atoms with van der Waals surface area (Å²) in [6, 6.07) is 15.9. The zero-order valence-corrected chi connectivity index (χ0v) is 21.9. The van der Waals surface area contributed by atoms with Gasteiger partial charge in [0, 0.05) is 11.6 Å². The minimum Gasteiger partial charge on any atom is -0.486 e. The van der Waals surface area contributed by atoms with Crippen molar-refractivity contribution in [1.29, 1.82) is 0 Å². The zero-order chi connectivity index (χ0) is 23.8. The Labute approximate surface area is 211 Å². The molecule has 0 unspecified atom stereocenters. The molecule has 0 bridgehead atoms. The second-order valence-corrected chi connectivity index (χ2v) is 9.94. The van der Waals surface area contributed by atoms with Gasteiger partial charge in [0.1, 0.15) is 18.2 Å². The van der Waals surface area contributed by atoms with E-state index < -0.39 is 0 Å². The van der Waals surface area contributed by atoms with Gasteiger partial charge in [0.25, 0.3) is 0 Å². The molecule has 0 radical (unpaired) electrons. The summed E-state index contributed by atoms with van der Waals surface area (Å²) in [6.07, 6.45) is 19.3. The van der Waals surface area contributed by atoms with E-state index in [4.69, 9.17) is 21.3 Å². The summed E-state index contributed by atoms with van der Waals surface area (Å²) in [5.41, 5.74) is 2.24. The topological polar surface area (TPSA) is 27.1 Å². The van der Waals surface area contributed by atoms with Crippen LogP contribution in [0.25, 0.3) is 11.0 Å². The molecule has 2 aromatic carbocycles. The number of hydrogen-bond acceptors (Lipinski definition) is 2. The molecule has 0 atom stereocenters. The molecule has 186 valence electrons. The second kappa shape index (κ2) is 15.8. The van der Waals surface area contributed by atoms with Crippen molar-refractivity contribution < 1.29 is 4.74 Å². The van der Waals surface area contributed by atoms with Crippen LogP contribution in [0, 0.1) is 0 Å². The number of aromatic nitrogens is 2. The van der Waals surface area contributed by atoms with Crippen LogP contribution in [-0.4, -0.2) is 9.55 Å². The van der Waals surface area contributed by atoms with Crippen molar-refractivity contribution >= 4 is 22.6 Å². The SMILES string of the molecule is CCCCCCCCCCCCCCCCn1c(COc2ccc(Cl)cc2)nc2ccccc21. The number of nitrogens with zero attached hydrogens (tertiary/aromatic N) is 2. The molecule has 0 aliphatic heterocycles. The van der Waals surface area contributed by atoms with Crippen molar-refractivity contribution in [2.45, 2.75) is 110 Å². The van der Waals surface area contributed by atoms with Crippen molar-refractivity contribution in [3.05, 3.63) is 59.4 Å². The van der Waals surface area contributed by atoms with Crippen LogP contribution in [0.4, 0.5) is 0 Å². The van der Waals surface area contributed by atoms with Crippen molar-refractivity contribution in [1.82, 2.24) is 9.55 Å². The molecule has 3 nitrogen and oxygen atoms in total. The van der Waals surface area contributed by atoms with Crippen LogP contribution >= 0.6 is 11.6 Å². The number of aryl methyl sites for hydroxylation is 1. The monoisotopic (exact) mass is 482 g/mol. The number of halogens is 1. The van der Waals surface area contributed by atoms with Gasteiger partial charge in [-0.05, 0) is 42.8 Å². The van der Waals surface area contributed by atoms with Gasteiger partial charge in [-0.25, -0.2) is 4.98 Å². The first-order chi connectivity index (χ1) is 16.8. The molecule has 0 saturated heterocycles. The highest BCUT2D eigenvalue weighted by molar-refractivity contribution is 6.30. The van der Waals surface area contributed by atoms with Crippen molar-refractivity contribution in [2.24, 2.45) is 0 Å². The molecule has 3 rings (SSSR count). The summed E-state index contributed by atoms with van der Waals surface area (Å²) in [6.45, 7) is 3.75. The number of fused-ring (bicyclic) bond motifs is 1. The Balaban J connectivity index is 1.33. The molecule has 34 heavy (non-hydrogen) atoms. The summed E-state index contributed by atoms with van der Waals surface area (Å²) in [5, 5.41) is 0.720. The second-order valence-electron chi connectivity index (χ2n) is 9.51. The van der Waals surface area contributed by atoms with E-state index in [0.717, 1.165) is 28.7 Å². The van der Waals surface area contributed by atoms with E-state index in [2.05, 4.69) is 35.8 Å². The maximum atomic E-state index is 6.00. The van der Waals surface area contributed by atoms with Crippen molar-refractivity contribution in [3.63, 3.8) is 0 Å². The van der Waals surface area contributed by atoms with E-state index >= 15 is 0 Å². The third kappa shape index (κ3) is 9.33. The third-order valence-electron chi connectivity index (χ3n) is 6.65. The Morgan fingerprint density at radius 2 is 1.26 bits per heavy atom. The first-order valence-corrected chi connectivity index (χ1v) is 14.0. The van der Waals surface area contributed by atoms with Crippen LogP contribution in [-0.2, 0) is 13.2 Å². The molecule has 3 aromatic rings. The Morgan fingerprint density at radius 1 is 0.706 bits per heavy atom. The number of imidazole rings is 1. The highest BCUT2D eigenvalue weighted by Crippen LogP contribution is 2.21. The lowest BCUT2D eigenvalue weighted by molar-refractivity contribution is 0.289. The fraction of sp³-hybridized carbons (Fsp3) is 0.567. The van der Waals surface area contributed by atoms with Crippen LogP contribution in [0.1, 0.15) is 103 Å². The molecule has 0 spiro atoms. The number of benzene rings is 2. The van der Waals surface area contributed by atoms with Crippen LogP contribution in [0.2, 0.25) is 5.02 Å². The predicted molar refractivity (Wildman–Crippen MR) is 146 cm³/mol. The van der Waals surface area contributed by atoms with Gasteiger partial charge >= 0.3 is 0 Å². The van der Waals surface area contributed by atoms with Gasteiger partial charge in [0.15, 0.2) is 0 Å². The summed E-state index contributed by atoms with van der Waals surface area (Å²) < 4.78 is 8.34. The lowest BCUT2D eigenvalue weighted by Gasteiger charge is -2.11.